The molecule has 0 unspecified atom stereocenters. The smallest absolute Gasteiger partial charge is 0.183 e. The summed E-state index contributed by atoms with van der Waals surface area (Å²) in [5, 5.41) is 3.50. The van der Waals surface area contributed by atoms with Crippen molar-refractivity contribution < 1.29 is 0 Å². The number of aromatic nitrogens is 1. The van der Waals surface area contributed by atoms with Crippen molar-refractivity contribution in [3.63, 3.8) is 0 Å². The molecule has 0 saturated carbocycles. The Morgan fingerprint density at radius 1 is 1.73 bits per heavy atom. The van der Waals surface area contributed by atoms with E-state index in [0.717, 1.165) is 13.1 Å². The van der Waals surface area contributed by atoms with Gasteiger partial charge in [0.25, 0.3) is 0 Å². The van der Waals surface area contributed by atoms with E-state index in [1.807, 2.05) is 6.20 Å². The molecule has 0 aliphatic carbocycles. The van der Waals surface area contributed by atoms with E-state index in [0.29, 0.717) is 10.5 Å². The quantitative estimate of drug-likeness (QED) is 0.879. The molecule has 1 saturated heterocycles. The molecular weight excluding hydrogens is 230 g/mol. The lowest BCUT2D eigenvalue weighted by Gasteiger charge is -2.19. The maximum atomic E-state index is 5.79. The number of halogens is 1. The Hall–Kier alpha value is -0.160. The Morgan fingerprint density at radius 3 is 3.20 bits per heavy atom. The van der Waals surface area contributed by atoms with E-state index in [1.165, 1.54) is 24.3 Å². The highest BCUT2D eigenvalue weighted by Crippen LogP contribution is 2.19. The van der Waals surface area contributed by atoms with Crippen LogP contribution in [0.2, 0.25) is 4.47 Å². The Labute approximate surface area is 99.5 Å². The van der Waals surface area contributed by atoms with Crippen LogP contribution in [0.25, 0.3) is 0 Å². The summed E-state index contributed by atoms with van der Waals surface area (Å²) in [6.07, 6.45) is 4.48. The minimum absolute atomic E-state index is 0.636. The number of likely N-dealkylation sites (N-methyl/N-ethyl adjacent to an activating group) is 1. The van der Waals surface area contributed by atoms with Gasteiger partial charge in [-0.15, -0.1) is 11.3 Å². The van der Waals surface area contributed by atoms with Gasteiger partial charge >= 0.3 is 0 Å². The molecule has 1 aromatic heterocycles. The first-order chi connectivity index (χ1) is 7.24. The summed E-state index contributed by atoms with van der Waals surface area (Å²) in [5.74, 6) is 0. The zero-order chi connectivity index (χ0) is 10.7. The van der Waals surface area contributed by atoms with E-state index in [4.69, 9.17) is 11.6 Å². The van der Waals surface area contributed by atoms with E-state index in [9.17, 15) is 0 Å². The SMILES string of the molecule is CN(Cc1cnc(Cl)s1)C[C@@H]1CCCN1. The van der Waals surface area contributed by atoms with Crippen molar-refractivity contribution in [1.82, 2.24) is 15.2 Å². The highest BCUT2D eigenvalue weighted by molar-refractivity contribution is 7.15. The molecule has 84 valence electrons. The standard InChI is InChI=1S/C10H16ClN3S/c1-14(6-8-3-2-4-12-8)7-9-5-13-10(11)15-9/h5,8,12H,2-4,6-7H2,1H3/t8-/m0/s1. The number of nitrogens with zero attached hydrogens (tertiary/aromatic N) is 2. The lowest BCUT2D eigenvalue weighted by atomic mass is 10.2. The van der Waals surface area contributed by atoms with Gasteiger partial charge in [0, 0.05) is 30.2 Å². The minimum atomic E-state index is 0.636. The molecule has 3 nitrogen and oxygen atoms in total. The zero-order valence-corrected chi connectivity index (χ0v) is 10.4. The fourth-order valence-electron chi connectivity index (χ4n) is 1.98. The molecule has 1 aliphatic rings. The van der Waals surface area contributed by atoms with Gasteiger partial charge in [0.15, 0.2) is 4.47 Å². The van der Waals surface area contributed by atoms with Crippen LogP contribution in [0.5, 0.6) is 0 Å². The third-order valence-electron chi connectivity index (χ3n) is 2.65. The zero-order valence-electron chi connectivity index (χ0n) is 8.87. The second kappa shape index (κ2) is 5.25. The average Bonchev–Trinajstić information content (AvgIpc) is 2.77. The van der Waals surface area contributed by atoms with Gasteiger partial charge in [0.05, 0.1) is 0 Å². The number of hydrogen-bond acceptors (Lipinski definition) is 4. The molecule has 0 radical (unpaired) electrons. The summed E-state index contributed by atoms with van der Waals surface area (Å²) in [7, 11) is 2.15. The highest BCUT2D eigenvalue weighted by Gasteiger charge is 2.16. The Balaban J connectivity index is 1.78. The summed E-state index contributed by atoms with van der Waals surface area (Å²) in [4.78, 5) is 7.61. The fourth-order valence-corrected chi connectivity index (χ4v) is 3.03. The van der Waals surface area contributed by atoms with Crippen LogP contribution in [0.15, 0.2) is 6.20 Å². The van der Waals surface area contributed by atoms with E-state index in [1.54, 1.807) is 11.3 Å². The predicted octanol–water partition coefficient (Wildman–Crippen LogP) is 1.98. The molecule has 0 spiro atoms. The third kappa shape index (κ3) is 3.41. The van der Waals surface area contributed by atoms with Gasteiger partial charge < -0.3 is 5.32 Å². The van der Waals surface area contributed by atoms with Crippen molar-refractivity contribution in [2.75, 3.05) is 20.1 Å². The summed E-state index contributed by atoms with van der Waals surface area (Å²) in [5.41, 5.74) is 0. The molecular formula is C10H16ClN3S. The van der Waals surface area contributed by atoms with Crippen LogP contribution in [0.1, 0.15) is 17.7 Å². The van der Waals surface area contributed by atoms with Gasteiger partial charge in [0.1, 0.15) is 0 Å². The Morgan fingerprint density at radius 2 is 2.60 bits per heavy atom. The predicted molar refractivity (Wildman–Crippen MR) is 64.5 cm³/mol. The number of rotatable bonds is 4. The van der Waals surface area contributed by atoms with Crippen molar-refractivity contribution in [2.45, 2.75) is 25.4 Å². The number of nitrogens with one attached hydrogen (secondary N) is 1. The van der Waals surface area contributed by atoms with Gasteiger partial charge in [-0.05, 0) is 26.4 Å². The van der Waals surface area contributed by atoms with E-state index in [-0.39, 0.29) is 0 Å². The maximum absolute atomic E-state index is 5.79. The largest absolute Gasteiger partial charge is 0.313 e. The van der Waals surface area contributed by atoms with Crippen molar-refractivity contribution >= 4 is 22.9 Å². The Bertz CT molecular complexity index is 309. The summed E-state index contributed by atoms with van der Waals surface area (Å²) in [6.45, 7) is 3.23. The summed E-state index contributed by atoms with van der Waals surface area (Å²) in [6, 6.07) is 0.665. The van der Waals surface area contributed by atoms with Crippen LogP contribution in [-0.2, 0) is 6.54 Å². The van der Waals surface area contributed by atoms with Crippen molar-refractivity contribution in [2.24, 2.45) is 0 Å². The molecule has 1 N–H and O–H groups in total. The molecule has 1 fully saturated rings. The molecule has 0 amide bonds. The second-order valence-corrected chi connectivity index (χ2v) is 5.77. The van der Waals surface area contributed by atoms with Crippen molar-refractivity contribution in [3.8, 4) is 0 Å². The third-order valence-corrected chi connectivity index (χ3v) is 3.75. The Kier molecular flexibility index (Phi) is 3.97. The molecule has 2 heterocycles. The lowest BCUT2D eigenvalue weighted by molar-refractivity contribution is 0.295. The average molecular weight is 246 g/mol. The van der Waals surface area contributed by atoms with E-state index >= 15 is 0 Å². The molecule has 15 heavy (non-hydrogen) atoms. The number of hydrogen-bond donors (Lipinski definition) is 1. The molecule has 1 atom stereocenters. The van der Waals surface area contributed by atoms with Crippen LogP contribution in [0, 0.1) is 0 Å². The van der Waals surface area contributed by atoms with Crippen LogP contribution >= 0.6 is 22.9 Å². The maximum Gasteiger partial charge on any atom is 0.183 e. The molecule has 0 aromatic carbocycles. The minimum Gasteiger partial charge on any atom is -0.313 e. The number of thiazole rings is 1. The first-order valence-corrected chi connectivity index (χ1v) is 6.45. The fraction of sp³-hybridized carbons (Fsp3) is 0.700. The second-order valence-electron chi connectivity index (χ2n) is 4.07. The normalized spacial score (nSPS) is 21.4. The lowest BCUT2D eigenvalue weighted by Crippen LogP contribution is -2.34. The monoisotopic (exact) mass is 245 g/mol. The van der Waals surface area contributed by atoms with Gasteiger partial charge in [-0.25, -0.2) is 4.98 Å². The highest BCUT2D eigenvalue weighted by atomic mass is 35.5. The molecule has 2 rings (SSSR count). The summed E-state index contributed by atoms with van der Waals surface area (Å²) >= 11 is 7.36. The van der Waals surface area contributed by atoms with Crippen LogP contribution in [-0.4, -0.2) is 36.1 Å². The van der Waals surface area contributed by atoms with Crippen LogP contribution in [0.4, 0.5) is 0 Å². The molecule has 5 heteroatoms. The molecule has 0 bridgehead atoms. The van der Waals surface area contributed by atoms with E-state index in [2.05, 4.69) is 22.2 Å². The van der Waals surface area contributed by atoms with Gasteiger partial charge in [0.2, 0.25) is 0 Å². The summed E-state index contributed by atoms with van der Waals surface area (Å²) < 4.78 is 0.636. The van der Waals surface area contributed by atoms with Crippen molar-refractivity contribution in [1.29, 1.82) is 0 Å². The van der Waals surface area contributed by atoms with Crippen LogP contribution in [0.3, 0.4) is 0 Å². The van der Waals surface area contributed by atoms with Gasteiger partial charge in [-0.1, -0.05) is 11.6 Å². The topological polar surface area (TPSA) is 28.2 Å². The first-order valence-electron chi connectivity index (χ1n) is 5.26. The van der Waals surface area contributed by atoms with Gasteiger partial charge in [-0.3, -0.25) is 4.90 Å². The first kappa shape index (κ1) is 11.3. The van der Waals surface area contributed by atoms with E-state index < -0.39 is 0 Å². The molecule has 1 aromatic rings. The van der Waals surface area contributed by atoms with Gasteiger partial charge in [-0.2, -0.15) is 0 Å². The molecule has 1 aliphatic heterocycles. The van der Waals surface area contributed by atoms with Crippen LogP contribution < -0.4 is 5.32 Å². The van der Waals surface area contributed by atoms with Crippen molar-refractivity contribution in [3.05, 3.63) is 15.5 Å².